The van der Waals surface area contributed by atoms with E-state index in [2.05, 4.69) is 186 Å². The van der Waals surface area contributed by atoms with Crippen LogP contribution in [0.4, 0.5) is 17.1 Å². The Morgan fingerprint density at radius 3 is 1.74 bits per heavy atom. The minimum Gasteiger partial charge on any atom is -0.312 e. The highest BCUT2D eigenvalue weighted by Crippen LogP contribution is 2.48. The molecule has 7 aromatic carbocycles. The molecule has 0 N–H and O–H groups in total. The molecule has 252 valence electrons. The molecule has 1 nitrogen and oxygen atoms in total. The van der Waals surface area contributed by atoms with Gasteiger partial charge in [0.05, 0.1) is 0 Å². The predicted molar refractivity (Wildman–Crippen MR) is 230 cm³/mol. The summed E-state index contributed by atoms with van der Waals surface area (Å²) in [5, 5.41) is 0. The molecular weight excluding hydrogens is 636 g/mol. The summed E-state index contributed by atoms with van der Waals surface area (Å²) < 4.78 is 0. The molecule has 0 radical (unpaired) electrons. The van der Waals surface area contributed by atoms with Gasteiger partial charge in [-0.25, -0.2) is 0 Å². The van der Waals surface area contributed by atoms with Gasteiger partial charge in [0.1, 0.15) is 0 Å². The summed E-state index contributed by atoms with van der Waals surface area (Å²) in [6, 6.07) is 53.6. The molecule has 0 fully saturated rings. The molecule has 53 heavy (non-hydrogen) atoms. The summed E-state index contributed by atoms with van der Waals surface area (Å²) in [6.45, 7) is 14.4. The van der Waals surface area contributed by atoms with E-state index in [1.54, 1.807) is 0 Å². The average Bonchev–Trinajstić information content (AvgIpc) is 3.68. The minimum absolute atomic E-state index is 0.00934. The first-order valence-corrected chi connectivity index (χ1v) is 19.3. The van der Waals surface area contributed by atoms with E-state index >= 15 is 0 Å². The van der Waals surface area contributed by atoms with Crippen LogP contribution in [0.2, 0.25) is 0 Å². The number of benzene rings is 7. The monoisotopic (exact) mass is 677 g/mol. The molecule has 0 saturated heterocycles. The van der Waals surface area contributed by atoms with Gasteiger partial charge in [-0.3, -0.25) is 0 Å². The highest BCUT2D eigenvalue weighted by atomic mass is 15.2. The van der Waals surface area contributed by atoms with Gasteiger partial charge in [-0.15, -0.1) is 0 Å². The Morgan fingerprint density at radius 1 is 0.396 bits per heavy atom. The molecule has 4 aliphatic rings. The van der Waals surface area contributed by atoms with E-state index in [9.17, 15) is 0 Å². The fourth-order valence-electron chi connectivity index (χ4n) is 10.0. The van der Waals surface area contributed by atoms with E-state index in [4.69, 9.17) is 0 Å². The summed E-state index contributed by atoms with van der Waals surface area (Å²) in [5.41, 5.74) is 26.1. The zero-order valence-corrected chi connectivity index (χ0v) is 31.4. The number of fused-ring (bicyclic) bond motifs is 10. The molecule has 3 heteroatoms. The lowest BCUT2D eigenvalue weighted by molar-refractivity contribution is 0.590. The topological polar surface area (TPSA) is 3.24 Å². The number of para-hydroxylation sites is 1. The molecule has 0 aliphatic carbocycles. The van der Waals surface area contributed by atoms with Crippen molar-refractivity contribution >= 4 is 63.3 Å². The van der Waals surface area contributed by atoms with Crippen molar-refractivity contribution in [3.05, 3.63) is 151 Å². The second-order valence-electron chi connectivity index (χ2n) is 17.7. The van der Waals surface area contributed by atoms with Crippen LogP contribution in [0.3, 0.4) is 0 Å². The summed E-state index contributed by atoms with van der Waals surface area (Å²) >= 11 is 0. The van der Waals surface area contributed by atoms with Crippen LogP contribution in [0, 0.1) is 0 Å². The van der Waals surface area contributed by atoms with Crippen molar-refractivity contribution in [2.24, 2.45) is 0 Å². The van der Waals surface area contributed by atoms with Crippen LogP contribution in [-0.2, 0) is 10.8 Å². The lowest BCUT2D eigenvalue weighted by Gasteiger charge is -2.43. The Morgan fingerprint density at radius 2 is 1.04 bits per heavy atom. The summed E-state index contributed by atoms with van der Waals surface area (Å²) in [5.74, 6) is 0. The Bertz CT molecular complexity index is 2700. The molecule has 4 heterocycles. The first-order valence-electron chi connectivity index (χ1n) is 19.3. The number of hydrogen-bond donors (Lipinski definition) is 0. The van der Waals surface area contributed by atoms with Gasteiger partial charge in [-0.1, -0.05) is 180 Å². The third kappa shape index (κ3) is 4.23. The molecular formula is C50H41B2N. The second-order valence-corrected chi connectivity index (χ2v) is 17.7. The first kappa shape index (κ1) is 31.0. The Balaban J connectivity index is 1.24. The van der Waals surface area contributed by atoms with Gasteiger partial charge in [0, 0.05) is 17.1 Å². The van der Waals surface area contributed by atoms with Crippen molar-refractivity contribution in [3.8, 4) is 44.5 Å². The molecule has 0 aromatic heterocycles. The number of rotatable bonds is 2. The van der Waals surface area contributed by atoms with Crippen molar-refractivity contribution in [2.75, 3.05) is 4.90 Å². The van der Waals surface area contributed by atoms with Crippen molar-refractivity contribution in [1.82, 2.24) is 0 Å². The number of nitrogens with zero attached hydrogens (tertiary/aromatic N) is 1. The van der Waals surface area contributed by atoms with Crippen LogP contribution in [0.1, 0.15) is 52.7 Å². The van der Waals surface area contributed by atoms with Gasteiger partial charge < -0.3 is 4.90 Å². The van der Waals surface area contributed by atoms with E-state index in [-0.39, 0.29) is 24.3 Å². The SMILES string of the molecule is CC(C)(C)c1ccc2c(c1)-c1c(-c3ccccc3)ccc3c1B2c1cccc2c1N3c1cc(C(C)(C)C)cc3c1B2c1cc(-c2ccccc2)ccc1-3. The molecule has 4 aliphatic heterocycles. The van der Waals surface area contributed by atoms with Crippen molar-refractivity contribution in [3.63, 3.8) is 0 Å². The Kier molecular flexibility index (Phi) is 6.17. The van der Waals surface area contributed by atoms with Gasteiger partial charge in [0.15, 0.2) is 0 Å². The Labute approximate surface area is 314 Å². The third-order valence-corrected chi connectivity index (χ3v) is 12.6. The normalized spacial score (nSPS) is 14.1. The molecule has 0 spiro atoms. The lowest BCUT2D eigenvalue weighted by Crippen LogP contribution is -2.63. The minimum atomic E-state index is -0.00934. The largest absolute Gasteiger partial charge is 0.312 e. The molecule has 0 bridgehead atoms. The van der Waals surface area contributed by atoms with Gasteiger partial charge >= 0.3 is 0 Å². The first-order chi connectivity index (χ1) is 25.6. The van der Waals surface area contributed by atoms with E-state index in [0.29, 0.717) is 0 Å². The van der Waals surface area contributed by atoms with E-state index in [1.807, 2.05) is 0 Å². The maximum absolute atomic E-state index is 2.68. The van der Waals surface area contributed by atoms with Gasteiger partial charge in [0.2, 0.25) is 13.4 Å². The van der Waals surface area contributed by atoms with Crippen LogP contribution in [0.15, 0.2) is 140 Å². The average molecular weight is 678 g/mol. The predicted octanol–water partition coefficient (Wildman–Crippen LogP) is 8.71. The van der Waals surface area contributed by atoms with Crippen LogP contribution in [0.5, 0.6) is 0 Å². The Hall–Kier alpha value is -5.53. The van der Waals surface area contributed by atoms with Gasteiger partial charge in [-0.05, 0) is 100 Å². The zero-order chi connectivity index (χ0) is 36.0. The summed E-state index contributed by atoms with van der Waals surface area (Å²) in [4.78, 5) is 2.68. The van der Waals surface area contributed by atoms with Gasteiger partial charge in [0.25, 0.3) is 0 Å². The van der Waals surface area contributed by atoms with E-state index in [1.165, 1.54) is 105 Å². The zero-order valence-electron chi connectivity index (χ0n) is 31.4. The molecule has 0 atom stereocenters. The van der Waals surface area contributed by atoms with Crippen molar-refractivity contribution in [2.45, 2.75) is 52.4 Å². The van der Waals surface area contributed by atoms with Crippen LogP contribution < -0.4 is 37.7 Å². The second kappa shape index (κ2) is 10.5. The molecule has 7 aromatic rings. The van der Waals surface area contributed by atoms with Crippen LogP contribution >= 0.6 is 0 Å². The molecule has 0 amide bonds. The fraction of sp³-hybridized carbons (Fsp3) is 0.160. The molecule has 0 unspecified atom stereocenters. The van der Waals surface area contributed by atoms with Gasteiger partial charge in [-0.2, -0.15) is 0 Å². The molecule has 0 saturated carbocycles. The summed E-state index contributed by atoms with van der Waals surface area (Å²) in [6.07, 6.45) is 0. The number of hydrogen-bond acceptors (Lipinski definition) is 1. The fourth-order valence-corrected chi connectivity index (χ4v) is 10.0. The maximum Gasteiger partial charge on any atom is 0.248 e. The standard InChI is InChI=1S/C50H41B2N/c1-49(2,3)33-21-24-39-38(27-33)45-35(31-16-11-8-12-17-31)23-25-43-47(45)51(39)40-18-13-19-41-48(40)53(43)44-29-34(50(4,5)6)28-37-36-22-20-32(30-14-9-7-10-15-30)26-42(36)52(41)46(37)44/h7-29H,1-6H3. The highest BCUT2D eigenvalue weighted by Gasteiger charge is 2.50. The highest BCUT2D eigenvalue weighted by molar-refractivity contribution is 7.05. The molecule has 11 rings (SSSR count). The van der Waals surface area contributed by atoms with Crippen molar-refractivity contribution < 1.29 is 0 Å². The third-order valence-electron chi connectivity index (χ3n) is 12.6. The quantitative estimate of drug-likeness (QED) is 0.166. The smallest absolute Gasteiger partial charge is 0.248 e. The van der Waals surface area contributed by atoms with E-state index < -0.39 is 0 Å². The maximum atomic E-state index is 2.68. The van der Waals surface area contributed by atoms with Crippen LogP contribution in [0.25, 0.3) is 44.5 Å². The lowest BCUT2D eigenvalue weighted by atomic mass is 9.32. The van der Waals surface area contributed by atoms with E-state index in [0.717, 1.165) is 0 Å². The summed E-state index contributed by atoms with van der Waals surface area (Å²) in [7, 11) is 0. The number of anilines is 3. The van der Waals surface area contributed by atoms with Crippen molar-refractivity contribution in [1.29, 1.82) is 0 Å². The van der Waals surface area contributed by atoms with Crippen LogP contribution in [-0.4, -0.2) is 13.4 Å².